The van der Waals surface area contributed by atoms with E-state index >= 15 is 0 Å². The van der Waals surface area contributed by atoms with Gasteiger partial charge in [-0.25, -0.2) is 0 Å². The van der Waals surface area contributed by atoms with Crippen LogP contribution in [-0.2, 0) is 14.3 Å². The van der Waals surface area contributed by atoms with Crippen LogP contribution in [0.15, 0.2) is 0 Å². The summed E-state index contributed by atoms with van der Waals surface area (Å²) in [5, 5.41) is 0. The van der Waals surface area contributed by atoms with Crippen molar-refractivity contribution in [2.75, 3.05) is 13.2 Å². The predicted molar refractivity (Wildman–Crippen MR) is 38.4 cm³/mol. The number of ether oxygens (including phenoxy) is 1. The first-order chi connectivity index (χ1) is 5.13. The molecule has 0 aromatic rings. The second kappa shape index (κ2) is 5.67. The summed E-state index contributed by atoms with van der Waals surface area (Å²) in [7, 11) is 0. The number of amides is 2. The van der Waals surface area contributed by atoms with Crippen LogP contribution < -0.4 is 11.5 Å². The maximum absolute atomic E-state index is 10.1. The van der Waals surface area contributed by atoms with Gasteiger partial charge in [-0.2, -0.15) is 0 Å². The third-order valence-corrected chi connectivity index (χ3v) is 0.986. The van der Waals surface area contributed by atoms with Crippen molar-refractivity contribution in [1.29, 1.82) is 0 Å². The molecule has 0 unspecified atom stereocenters. The quantitative estimate of drug-likeness (QED) is 0.475. The summed E-state index contributed by atoms with van der Waals surface area (Å²) in [6, 6.07) is 0. The lowest BCUT2D eigenvalue weighted by atomic mass is 10.4. The van der Waals surface area contributed by atoms with Crippen molar-refractivity contribution in [3.8, 4) is 0 Å². The van der Waals surface area contributed by atoms with Crippen LogP contribution >= 0.6 is 0 Å². The van der Waals surface area contributed by atoms with Gasteiger partial charge in [-0.15, -0.1) is 0 Å². The van der Waals surface area contributed by atoms with Crippen molar-refractivity contribution in [3.63, 3.8) is 0 Å². The van der Waals surface area contributed by atoms with E-state index in [1.54, 1.807) is 0 Å². The highest BCUT2D eigenvalue weighted by molar-refractivity contribution is 5.74. The van der Waals surface area contributed by atoms with E-state index in [9.17, 15) is 9.59 Å². The standard InChI is InChI=1S/C6H12N2O3/c7-5(9)1-3-11-4-2-6(8)10/h1-4H2,(H2,7,9)(H2,8,10). The fraction of sp³-hybridized carbons (Fsp3) is 0.667. The van der Waals surface area contributed by atoms with Crippen molar-refractivity contribution in [3.05, 3.63) is 0 Å². The fourth-order valence-electron chi connectivity index (χ4n) is 0.448. The van der Waals surface area contributed by atoms with Crippen LogP contribution in [0, 0.1) is 0 Å². The topological polar surface area (TPSA) is 95.4 Å². The number of carbonyl (C=O) groups excluding carboxylic acids is 2. The smallest absolute Gasteiger partial charge is 0.219 e. The van der Waals surface area contributed by atoms with Gasteiger partial charge in [0, 0.05) is 12.8 Å². The van der Waals surface area contributed by atoms with Gasteiger partial charge in [0.2, 0.25) is 11.8 Å². The van der Waals surface area contributed by atoms with Crippen molar-refractivity contribution in [2.45, 2.75) is 12.8 Å². The molecule has 0 fully saturated rings. The Hall–Kier alpha value is -1.10. The van der Waals surface area contributed by atoms with Gasteiger partial charge in [-0.05, 0) is 0 Å². The monoisotopic (exact) mass is 160 g/mol. The van der Waals surface area contributed by atoms with Crippen molar-refractivity contribution in [1.82, 2.24) is 0 Å². The molecule has 0 aliphatic carbocycles. The minimum atomic E-state index is -0.413. The van der Waals surface area contributed by atoms with Gasteiger partial charge in [0.15, 0.2) is 0 Å². The highest BCUT2D eigenvalue weighted by Crippen LogP contribution is 1.84. The van der Waals surface area contributed by atoms with Crippen molar-refractivity contribution in [2.24, 2.45) is 11.5 Å². The molecular weight excluding hydrogens is 148 g/mol. The van der Waals surface area contributed by atoms with Gasteiger partial charge < -0.3 is 16.2 Å². The van der Waals surface area contributed by atoms with Gasteiger partial charge in [0.05, 0.1) is 13.2 Å². The summed E-state index contributed by atoms with van der Waals surface area (Å²) in [4.78, 5) is 20.3. The van der Waals surface area contributed by atoms with Gasteiger partial charge >= 0.3 is 0 Å². The summed E-state index contributed by atoms with van der Waals surface area (Å²) in [6.07, 6.45) is 0.359. The largest absolute Gasteiger partial charge is 0.380 e. The molecular formula is C6H12N2O3. The summed E-state index contributed by atoms with van der Waals surface area (Å²) < 4.78 is 4.85. The molecule has 0 spiro atoms. The molecule has 0 saturated carbocycles. The SMILES string of the molecule is NC(=O)CCOCCC(N)=O. The molecule has 0 aromatic carbocycles. The van der Waals surface area contributed by atoms with Crippen LogP contribution in [0.4, 0.5) is 0 Å². The molecule has 2 amide bonds. The van der Waals surface area contributed by atoms with E-state index in [-0.39, 0.29) is 26.1 Å². The first-order valence-electron chi connectivity index (χ1n) is 3.27. The molecule has 0 bridgehead atoms. The maximum Gasteiger partial charge on any atom is 0.219 e. The zero-order valence-corrected chi connectivity index (χ0v) is 6.21. The van der Waals surface area contributed by atoms with Gasteiger partial charge in [-0.1, -0.05) is 0 Å². The molecule has 0 radical (unpaired) electrons. The van der Waals surface area contributed by atoms with Gasteiger partial charge in [-0.3, -0.25) is 9.59 Å². The Bertz CT molecular complexity index is 131. The van der Waals surface area contributed by atoms with Crippen molar-refractivity contribution >= 4 is 11.8 Å². The average molecular weight is 160 g/mol. The van der Waals surface area contributed by atoms with E-state index in [2.05, 4.69) is 0 Å². The maximum atomic E-state index is 10.1. The lowest BCUT2D eigenvalue weighted by Gasteiger charge is -1.98. The number of carbonyl (C=O) groups is 2. The van der Waals surface area contributed by atoms with E-state index in [1.165, 1.54) is 0 Å². The van der Waals surface area contributed by atoms with E-state index in [0.29, 0.717) is 0 Å². The predicted octanol–water partition coefficient (Wildman–Crippen LogP) is -1.25. The summed E-state index contributed by atoms with van der Waals surface area (Å²) in [5.41, 5.74) is 9.65. The van der Waals surface area contributed by atoms with E-state index in [0.717, 1.165) is 0 Å². The molecule has 11 heavy (non-hydrogen) atoms. The fourth-order valence-corrected chi connectivity index (χ4v) is 0.448. The highest BCUT2D eigenvalue weighted by atomic mass is 16.5. The lowest BCUT2D eigenvalue weighted by Crippen LogP contribution is -2.16. The number of rotatable bonds is 6. The third kappa shape index (κ3) is 8.90. The Labute approximate surface area is 64.7 Å². The highest BCUT2D eigenvalue weighted by Gasteiger charge is 1.95. The van der Waals surface area contributed by atoms with Gasteiger partial charge in [0.25, 0.3) is 0 Å². The zero-order valence-electron chi connectivity index (χ0n) is 6.21. The normalized spacial score (nSPS) is 9.45. The van der Waals surface area contributed by atoms with Gasteiger partial charge in [0.1, 0.15) is 0 Å². The van der Waals surface area contributed by atoms with Crippen LogP contribution in [0.5, 0.6) is 0 Å². The molecule has 4 N–H and O–H groups in total. The minimum absolute atomic E-state index is 0.179. The van der Waals surface area contributed by atoms with Crippen LogP contribution in [0.1, 0.15) is 12.8 Å². The Morgan fingerprint density at radius 1 is 1.00 bits per heavy atom. The lowest BCUT2D eigenvalue weighted by molar-refractivity contribution is -0.119. The van der Waals surface area contributed by atoms with E-state index < -0.39 is 11.8 Å². The summed E-state index contributed by atoms with van der Waals surface area (Å²) in [6.45, 7) is 0.505. The Morgan fingerprint density at radius 2 is 1.36 bits per heavy atom. The Kier molecular flexibility index (Phi) is 5.10. The van der Waals surface area contributed by atoms with Crippen LogP contribution in [-0.4, -0.2) is 25.0 Å². The molecule has 0 atom stereocenters. The number of hydrogen-bond donors (Lipinski definition) is 2. The van der Waals surface area contributed by atoms with Crippen molar-refractivity contribution < 1.29 is 14.3 Å². The first-order valence-corrected chi connectivity index (χ1v) is 3.27. The average Bonchev–Trinajstić information content (AvgIpc) is 1.85. The third-order valence-electron chi connectivity index (χ3n) is 0.986. The Morgan fingerprint density at radius 3 is 1.64 bits per heavy atom. The summed E-state index contributed by atoms with van der Waals surface area (Å²) >= 11 is 0. The van der Waals surface area contributed by atoms with E-state index in [1.807, 2.05) is 0 Å². The number of nitrogens with two attached hydrogens (primary N) is 2. The second-order valence-electron chi connectivity index (χ2n) is 2.04. The number of primary amides is 2. The second-order valence-corrected chi connectivity index (χ2v) is 2.04. The number of hydrogen-bond acceptors (Lipinski definition) is 3. The Balaban J connectivity index is 3.03. The molecule has 5 heteroatoms. The van der Waals surface area contributed by atoms with Crippen LogP contribution in [0.3, 0.4) is 0 Å². The molecule has 0 aliphatic rings. The first kappa shape index (κ1) is 9.90. The zero-order chi connectivity index (χ0) is 8.69. The molecule has 0 saturated heterocycles. The van der Waals surface area contributed by atoms with Crippen LogP contribution in [0.2, 0.25) is 0 Å². The molecule has 5 nitrogen and oxygen atoms in total. The minimum Gasteiger partial charge on any atom is -0.380 e. The van der Waals surface area contributed by atoms with Crippen LogP contribution in [0.25, 0.3) is 0 Å². The molecule has 0 aliphatic heterocycles. The van der Waals surface area contributed by atoms with E-state index in [4.69, 9.17) is 16.2 Å². The molecule has 0 aromatic heterocycles. The molecule has 64 valence electrons. The molecule has 0 heterocycles. The molecule has 0 rings (SSSR count). The summed E-state index contributed by atoms with van der Waals surface area (Å²) in [5.74, 6) is -0.826.